The smallest absolute Gasteiger partial charge is 0.455 e. The van der Waals surface area contributed by atoms with Crippen molar-refractivity contribution >= 4 is 23.9 Å². The lowest BCUT2D eigenvalue weighted by Gasteiger charge is -2.42. The van der Waals surface area contributed by atoms with Crippen molar-refractivity contribution in [2.45, 2.75) is 94.2 Å². The van der Waals surface area contributed by atoms with E-state index in [1.165, 1.54) is 0 Å². The molecule has 238 valence electrons. The Balaban J connectivity index is 3.89. The van der Waals surface area contributed by atoms with Crippen LogP contribution in [0.25, 0.3) is 0 Å². The number of esters is 4. The number of hydrogen-bond acceptors (Lipinski definition) is 9. The van der Waals surface area contributed by atoms with E-state index in [0.29, 0.717) is 20.8 Å². The average Bonchev–Trinajstić information content (AvgIpc) is 3.05. The molecule has 0 aromatic carbocycles. The predicted molar refractivity (Wildman–Crippen MR) is 97.9 cm³/mol. The summed E-state index contributed by atoms with van der Waals surface area (Å²) in [4.78, 5) is 45.7. The summed E-state index contributed by atoms with van der Waals surface area (Å²) in [5.74, 6) is -46.2. The number of rotatable bonds is 10. The molecule has 22 heteroatoms. The first kappa shape index (κ1) is 36.0. The van der Waals surface area contributed by atoms with Crippen LogP contribution < -0.4 is 0 Å². The van der Waals surface area contributed by atoms with E-state index < -0.39 is 90.4 Å². The zero-order chi connectivity index (χ0) is 32.7. The Morgan fingerprint density at radius 3 is 1.32 bits per heavy atom. The van der Waals surface area contributed by atoms with Gasteiger partial charge in [0.05, 0.1) is 0 Å². The molecule has 0 aromatic rings. The van der Waals surface area contributed by atoms with Crippen molar-refractivity contribution in [3.8, 4) is 0 Å². The number of alkyl halides is 13. The maximum Gasteiger partial charge on any atom is 0.460 e. The molecular weight excluding hydrogens is 619 g/mol. The van der Waals surface area contributed by atoms with Crippen LogP contribution in [0.15, 0.2) is 0 Å². The highest BCUT2D eigenvalue weighted by atomic mass is 19.4. The predicted octanol–water partition coefficient (Wildman–Crippen LogP) is 3.81. The maximum absolute atomic E-state index is 15.1. The fourth-order valence-corrected chi connectivity index (χ4v) is 3.28. The lowest BCUT2D eigenvalue weighted by atomic mass is 9.88. The van der Waals surface area contributed by atoms with E-state index in [-0.39, 0.29) is 6.92 Å². The molecule has 1 fully saturated rings. The van der Waals surface area contributed by atoms with E-state index in [1.54, 1.807) is 0 Å². The molecule has 41 heavy (non-hydrogen) atoms. The van der Waals surface area contributed by atoms with Crippen LogP contribution in [0.3, 0.4) is 0 Å². The summed E-state index contributed by atoms with van der Waals surface area (Å²) < 4.78 is 200. The van der Waals surface area contributed by atoms with Gasteiger partial charge < -0.3 is 23.7 Å². The molecular formula is C19H17F13O9. The van der Waals surface area contributed by atoms with Crippen LogP contribution in [0.1, 0.15) is 27.7 Å². The molecule has 0 saturated carbocycles. The lowest BCUT2D eigenvalue weighted by molar-refractivity contribution is -0.446. The third-order valence-electron chi connectivity index (χ3n) is 5.00. The van der Waals surface area contributed by atoms with E-state index in [0.717, 1.165) is 0 Å². The van der Waals surface area contributed by atoms with Crippen LogP contribution in [0.5, 0.6) is 0 Å². The van der Waals surface area contributed by atoms with Crippen molar-refractivity contribution in [3.05, 3.63) is 0 Å². The Kier molecular flexibility index (Phi) is 9.92. The van der Waals surface area contributed by atoms with Crippen molar-refractivity contribution in [1.82, 2.24) is 0 Å². The molecule has 0 N–H and O–H groups in total. The summed E-state index contributed by atoms with van der Waals surface area (Å²) in [6.45, 7) is 1.76. The maximum atomic E-state index is 15.1. The fraction of sp³-hybridized carbons (Fsp3) is 0.789. The third kappa shape index (κ3) is 6.40. The van der Waals surface area contributed by atoms with Gasteiger partial charge in [-0.15, -0.1) is 0 Å². The molecule has 0 radical (unpaired) electrons. The van der Waals surface area contributed by atoms with Gasteiger partial charge in [0.1, 0.15) is 6.10 Å². The second-order valence-corrected chi connectivity index (χ2v) is 8.17. The Bertz CT molecular complexity index is 1030. The van der Waals surface area contributed by atoms with Crippen molar-refractivity contribution in [3.63, 3.8) is 0 Å². The summed E-state index contributed by atoms with van der Waals surface area (Å²) in [6, 6.07) is 0. The van der Waals surface area contributed by atoms with Crippen molar-refractivity contribution in [2.24, 2.45) is 0 Å². The minimum atomic E-state index is -8.28. The second-order valence-electron chi connectivity index (χ2n) is 8.17. The minimum Gasteiger partial charge on any atom is -0.455 e. The molecule has 9 nitrogen and oxygen atoms in total. The number of carbonyl (C=O) groups excluding carboxylic acids is 4. The molecule has 1 aliphatic heterocycles. The van der Waals surface area contributed by atoms with Gasteiger partial charge >= 0.3 is 59.7 Å². The van der Waals surface area contributed by atoms with Gasteiger partial charge in [-0.2, -0.15) is 57.1 Å². The SMILES string of the molecule is CC(=O)O[C@H]1O[C@H]([C@@H](OC(C)=O)C(F)(F)C(F)(F)C(F)(F)C(F)(F)C(F)(F)C(F)(F)F)[C@H](OC(C)=O)[C@H]1OC(C)=O. The summed E-state index contributed by atoms with van der Waals surface area (Å²) in [6.07, 6.45) is -23.2. The molecule has 1 aliphatic rings. The molecule has 0 aromatic heterocycles. The monoisotopic (exact) mass is 636 g/mol. The number of carbonyl (C=O) groups is 4. The Labute approximate surface area is 219 Å². The quantitative estimate of drug-likeness (QED) is 0.201. The van der Waals surface area contributed by atoms with E-state index in [9.17, 15) is 67.5 Å². The first-order valence-electron chi connectivity index (χ1n) is 10.4. The van der Waals surface area contributed by atoms with Crippen LogP contribution in [0.2, 0.25) is 0 Å². The van der Waals surface area contributed by atoms with Gasteiger partial charge in [0, 0.05) is 27.7 Å². The van der Waals surface area contributed by atoms with Gasteiger partial charge in [-0.1, -0.05) is 0 Å². The van der Waals surface area contributed by atoms with Crippen LogP contribution in [0, 0.1) is 0 Å². The fourth-order valence-electron chi connectivity index (χ4n) is 3.28. The third-order valence-corrected chi connectivity index (χ3v) is 5.00. The summed E-state index contributed by atoms with van der Waals surface area (Å²) in [7, 11) is 0. The van der Waals surface area contributed by atoms with Crippen molar-refractivity contribution in [2.75, 3.05) is 0 Å². The van der Waals surface area contributed by atoms with Gasteiger partial charge in [0.2, 0.25) is 18.5 Å². The molecule has 0 aliphatic carbocycles. The van der Waals surface area contributed by atoms with E-state index >= 15 is 8.78 Å². The molecule has 5 atom stereocenters. The molecule has 1 heterocycles. The standard InChI is InChI=1S/C19H17F13O9/c1-5(33)37-9-10(41-13(40-8(4)36)11(9)38-6(2)34)12(39-7(3)35)14(20,21)15(22,23)16(24,25)17(26,27)18(28,29)19(30,31)32/h9-13H,1-4H3/t9-,10-,11+,12+,13-/m0/s1. The zero-order valence-electron chi connectivity index (χ0n) is 20.5. The van der Waals surface area contributed by atoms with E-state index in [2.05, 4.69) is 23.7 Å². The second kappa shape index (κ2) is 11.3. The zero-order valence-corrected chi connectivity index (χ0v) is 20.5. The Morgan fingerprint density at radius 2 is 0.951 bits per heavy atom. The van der Waals surface area contributed by atoms with Crippen LogP contribution in [0.4, 0.5) is 57.1 Å². The van der Waals surface area contributed by atoms with Crippen LogP contribution in [-0.2, 0) is 42.9 Å². The summed E-state index contributed by atoms with van der Waals surface area (Å²) in [5.41, 5.74) is 0. The number of ether oxygens (including phenoxy) is 5. The van der Waals surface area contributed by atoms with Crippen molar-refractivity contribution in [1.29, 1.82) is 0 Å². The van der Waals surface area contributed by atoms with Crippen LogP contribution in [-0.4, -0.2) is 90.4 Å². The van der Waals surface area contributed by atoms with E-state index in [1.807, 2.05) is 0 Å². The molecule has 0 spiro atoms. The Morgan fingerprint density at radius 1 is 0.561 bits per heavy atom. The highest BCUT2D eigenvalue weighted by molar-refractivity contribution is 5.69. The number of hydrogen-bond donors (Lipinski definition) is 0. The van der Waals surface area contributed by atoms with Crippen LogP contribution >= 0.6 is 0 Å². The lowest BCUT2D eigenvalue weighted by Crippen LogP contribution is -2.73. The molecule has 1 rings (SSSR count). The van der Waals surface area contributed by atoms with Gasteiger partial charge in [-0.25, -0.2) is 0 Å². The topological polar surface area (TPSA) is 114 Å². The van der Waals surface area contributed by atoms with Gasteiger partial charge in [-0.05, 0) is 0 Å². The average molecular weight is 636 g/mol. The van der Waals surface area contributed by atoms with Crippen molar-refractivity contribution < 1.29 is 99.9 Å². The molecule has 0 unspecified atom stereocenters. The first-order chi connectivity index (χ1) is 18.1. The molecule has 0 bridgehead atoms. The number of halogens is 13. The normalized spacial score (nSPS) is 23.4. The minimum absolute atomic E-state index is 0.120. The van der Waals surface area contributed by atoms with Gasteiger partial charge in [0.15, 0.2) is 6.10 Å². The van der Waals surface area contributed by atoms with Gasteiger partial charge in [0.25, 0.3) is 0 Å². The molecule has 0 amide bonds. The summed E-state index contributed by atoms with van der Waals surface area (Å²) >= 11 is 0. The highest BCUT2D eigenvalue weighted by Gasteiger charge is 2.92. The van der Waals surface area contributed by atoms with Gasteiger partial charge in [-0.3, -0.25) is 19.2 Å². The van der Waals surface area contributed by atoms with E-state index in [4.69, 9.17) is 0 Å². The molecule has 1 saturated heterocycles. The summed E-state index contributed by atoms with van der Waals surface area (Å²) in [5, 5.41) is 0. The Hall–Kier alpha value is -3.07. The highest BCUT2D eigenvalue weighted by Crippen LogP contribution is 2.61. The largest absolute Gasteiger partial charge is 0.460 e. The first-order valence-corrected chi connectivity index (χ1v) is 10.4.